The zero-order chi connectivity index (χ0) is 13.1. The monoisotopic (exact) mass is 262 g/mol. The summed E-state index contributed by atoms with van der Waals surface area (Å²) in [5.41, 5.74) is 7.72. The van der Waals surface area contributed by atoms with Crippen molar-refractivity contribution in [2.75, 3.05) is 12.3 Å². The molecule has 0 radical (unpaired) electrons. The Morgan fingerprint density at radius 3 is 2.72 bits per heavy atom. The van der Waals surface area contributed by atoms with E-state index in [1.807, 2.05) is 31.3 Å². The summed E-state index contributed by atoms with van der Waals surface area (Å²) in [6.07, 6.45) is 1.87. The lowest BCUT2D eigenvalue weighted by Crippen LogP contribution is -2.06. The molecule has 2 aromatic rings. The quantitative estimate of drug-likeness (QED) is 0.854. The van der Waals surface area contributed by atoms with Crippen LogP contribution in [-0.2, 0) is 0 Å². The second-order valence-electron chi connectivity index (χ2n) is 4.73. The third-order valence-corrected chi connectivity index (χ3v) is 3.41. The largest absolute Gasteiger partial charge is 0.491 e. The number of hydrogen-bond acceptors (Lipinski definition) is 4. The standard InChI is InChI=1S/C14H18N2OS/c1-9(2)8-17-13-5-4-11(6-12(13)15)14-16-7-10(3)18-14/h4-7,9H,8,15H2,1-3H3. The third kappa shape index (κ3) is 3.01. The van der Waals surface area contributed by atoms with E-state index in [1.165, 1.54) is 4.88 Å². The van der Waals surface area contributed by atoms with Crippen molar-refractivity contribution in [2.24, 2.45) is 5.92 Å². The molecule has 0 aliphatic rings. The van der Waals surface area contributed by atoms with Gasteiger partial charge in [-0.05, 0) is 31.0 Å². The van der Waals surface area contributed by atoms with E-state index in [4.69, 9.17) is 10.5 Å². The van der Waals surface area contributed by atoms with Gasteiger partial charge in [0, 0.05) is 16.6 Å². The Labute approximate surface area is 112 Å². The van der Waals surface area contributed by atoms with Crippen LogP contribution in [0.1, 0.15) is 18.7 Å². The van der Waals surface area contributed by atoms with Crippen molar-refractivity contribution < 1.29 is 4.74 Å². The van der Waals surface area contributed by atoms with Crippen molar-refractivity contribution in [1.29, 1.82) is 0 Å². The first kappa shape index (κ1) is 12.9. The molecule has 2 rings (SSSR count). The lowest BCUT2D eigenvalue weighted by Gasteiger charge is -2.11. The number of thiazole rings is 1. The summed E-state index contributed by atoms with van der Waals surface area (Å²) < 4.78 is 5.65. The van der Waals surface area contributed by atoms with Gasteiger partial charge in [-0.3, -0.25) is 0 Å². The van der Waals surface area contributed by atoms with Crippen molar-refractivity contribution in [3.8, 4) is 16.3 Å². The number of nitrogens with two attached hydrogens (primary N) is 1. The van der Waals surface area contributed by atoms with Crippen molar-refractivity contribution in [3.63, 3.8) is 0 Å². The number of benzene rings is 1. The van der Waals surface area contributed by atoms with Gasteiger partial charge in [0.05, 0.1) is 12.3 Å². The van der Waals surface area contributed by atoms with Crippen molar-refractivity contribution in [3.05, 3.63) is 29.3 Å². The topological polar surface area (TPSA) is 48.1 Å². The molecule has 0 atom stereocenters. The SMILES string of the molecule is Cc1cnc(-c2ccc(OCC(C)C)c(N)c2)s1. The molecule has 0 aliphatic carbocycles. The Morgan fingerprint density at radius 2 is 2.17 bits per heavy atom. The third-order valence-electron chi connectivity index (χ3n) is 2.45. The molecule has 0 aliphatic heterocycles. The minimum Gasteiger partial charge on any atom is -0.491 e. The summed E-state index contributed by atoms with van der Waals surface area (Å²) >= 11 is 1.67. The highest BCUT2D eigenvalue weighted by Gasteiger charge is 2.07. The summed E-state index contributed by atoms with van der Waals surface area (Å²) in [7, 11) is 0. The predicted octanol–water partition coefficient (Wildman–Crippen LogP) is 3.74. The number of aromatic nitrogens is 1. The van der Waals surface area contributed by atoms with Crippen LogP contribution in [0.5, 0.6) is 5.75 Å². The first-order chi connectivity index (χ1) is 8.56. The van der Waals surface area contributed by atoms with Crippen LogP contribution < -0.4 is 10.5 Å². The molecule has 0 spiro atoms. The van der Waals surface area contributed by atoms with Crippen LogP contribution in [0.25, 0.3) is 10.6 Å². The Kier molecular flexibility index (Phi) is 3.87. The Bertz CT molecular complexity index is 534. The molecule has 0 amide bonds. The number of ether oxygens (including phenoxy) is 1. The fourth-order valence-electron chi connectivity index (χ4n) is 1.56. The normalized spacial score (nSPS) is 10.9. The van der Waals surface area contributed by atoms with Crippen LogP contribution >= 0.6 is 11.3 Å². The highest BCUT2D eigenvalue weighted by atomic mass is 32.1. The molecule has 1 aromatic carbocycles. The van der Waals surface area contributed by atoms with E-state index in [9.17, 15) is 0 Å². The van der Waals surface area contributed by atoms with E-state index >= 15 is 0 Å². The molecule has 0 unspecified atom stereocenters. The van der Waals surface area contributed by atoms with Gasteiger partial charge in [0.2, 0.25) is 0 Å². The van der Waals surface area contributed by atoms with E-state index in [2.05, 4.69) is 18.8 Å². The molecule has 18 heavy (non-hydrogen) atoms. The van der Waals surface area contributed by atoms with E-state index in [1.54, 1.807) is 11.3 Å². The Hall–Kier alpha value is -1.55. The van der Waals surface area contributed by atoms with Gasteiger partial charge in [-0.1, -0.05) is 13.8 Å². The van der Waals surface area contributed by atoms with Gasteiger partial charge in [-0.2, -0.15) is 0 Å². The number of rotatable bonds is 4. The van der Waals surface area contributed by atoms with Gasteiger partial charge in [0.1, 0.15) is 10.8 Å². The number of nitrogen functional groups attached to an aromatic ring is 1. The number of nitrogens with zero attached hydrogens (tertiary/aromatic N) is 1. The summed E-state index contributed by atoms with van der Waals surface area (Å²) in [5.74, 6) is 1.24. The maximum absolute atomic E-state index is 6.00. The van der Waals surface area contributed by atoms with E-state index < -0.39 is 0 Å². The summed E-state index contributed by atoms with van der Waals surface area (Å²) in [6, 6.07) is 5.85. The van der Waals surface area contributed by atoms with Gasteiger partial charge in [0.15, 0.2) is 0 Å². The minimum atomic E-state index is 0.491. The maximum Gasteiger partial charge on any atom is 0.142 e. The van der Waals surface area contributed by atoms with Crippen LogP contribution in [-0.4, -0.2) is 11.6 Å². The zero-order valence-electron chi connectivity index (χ0n) is 10.9. The van der Waals surface area contributed by atoms with Gasteiger partial charge >= 0.3 is 0 Å². The Balaban J connectivity index is 2.19. The average molecular weight is 262 g/mol. The summed E-state index contributed by atoms with van der Waals surface area (Å²) in [4.78, 5) is 5.55. The van der Waals surface area contributed by atoms with E-state index in [-0.39, 0.29) is 0 Å². The second kappa shape index (κ2) is 5.40. The van der Waals surface area contributed by atoms with Crippen molar-refractivity contribution in [1.82, 2.24) is 4.98 Å². The van der Waals surface area contributed by atoms with Crippen LogP contribution in [0.2, 0.25) is 0 Å². The van der Waals surface area contributed by atoms with Crippen molar-refractivity contribution >= 4 is 17.0 Å². The molecule has 2 N–H and O–H groups in total. The first-order valence-corrected chi connectivity index (χ1v) is 6.83. The molecule has 0 saturated heterocycles. The van der Waals surface area contributed by atoms with E-state index in [0.717, 1.165) is 16.3 Å². The van der Waals surface area contributed by atoms with E-state index in [0.29, 0.717) is 18.2 Å². The maximum atomic E-state index is 6.00. The molecule has 0 fully saturated rings. The lowest BCUT2D eigenvalue weighted by molar-refractivity contribution is 0.272. The second-order valence-corrected chi connectivity index (χ2v) is 5.97. The smallest absolute Gasteiger partial charge is 0.142 e. The molecule has 1 heterocycles. The molecule has 96 valence electrons. The van der Waals surface area contributed by atoms with Crippen molar-refractivity contribution in [2.45, 2.75) is 20.8 Å². The van der Waals surface area contributed by atoms with Crippen LogP contribution in [0.15, 0.2) is 24.4 Å². The van der Waals surface area contributed by atoms with Crippen LogP contribution in [0.4, 0.5) is 5.69 Å². The predicted molar refractivity (Wildman–Crippen MR) is 77.0 cm³/mol. The fraction of sp³-hybridized carbons (Fsp3) is 0.357. The minimum absolute atomic E-state index is 0.491. The summed E-state index contributed by atoms with van der Waals surface area (Å²) in [6.45, 7) is 6.95. The zero-order valence-corrected chi connectivity index (χ0v) is 11.8. The number of hydrogen-bond donors (Lipinski definition) is 1. The highest BCUT2D eigenvalue weighted by molar-refractivity contribution is 7.14. The Morgan fingerprint density at radius 1 is 1.39 bits per heavy atom. The number of anilines is 1. The average Bonchev–Trinajstić information content (AvgIpc) is 2.74. The van der Waals surface area contributed by atoms with Gasteiger partial charge in [-0.15, -0.1) is 11.3 Å². The first-order valence-electron chi connectivity index (χ1n) is 6.01. The molecular formula is C14H18N2OS. The molecule has 3 nitrogen and oxygen atoms in total. The highest BCUT2D eigenvalue weighted by Crippen LogP contribution is 2.30. The van der Waals surface area contributed by atoms with Gasteiger partial charge in [0.25, 0.3) is 0 Å². The fourth-order valence-corrected chi connectivity index (χ4v) is 2.32. The number of aryl methyl sites for hydroxylation is 1. The molecule has 0 bridgehead atoms. The van der Waals surface area contributed by atoms with Crippen LogP contribution in [0, 0.1) is 12.8 Å². The molecule has 1 aromatic heterocycles. The lowest BCUT2D eigenvalue weighted by atomic mass is 10.2. The van der Waals surface area contributed by atoms with Gasteiger partial charge < -0.3 is 10.5 Å². The van der Waals surface area contributed by atoms with Gasteiger partial charge in [-0.25, -0.2) is 4.98 Å². The molecule has 4 heteroatoms. The summed E-state index contributed by atoms with van der Waals surface area (Å²) in [5, 5.41) is 0.995. The van der Waals surface area contributed by atoms with Crippen LogP contribution in [0.3, 0.4) is 0 Å². The molecule has 0 saturated carbocycles. The molecular weight excluding hydrogens is 244 g/mol.